The third kappa shape index (κ3) is 2.97. The van der Waals surface area contributed by atoms with E-state index in [1.165, 1.54) is 6.07 Å². The van der Waals surface area contributed by atoms with Crippen molar-refractivity contribution in [3.8, 4) is 0 Å². The lowest BCUT2D eigenvalue weighted by Gasteiger charge is -2.30. The van der Waals surface area contributed by atoms with Crippen molar-refractivity contribution in [1.82, 2.24) is 0 Å². The molecule has 0 aromatic heterocycles. The minimum atomic E-state index is -4.50. The lowest BCUT2D eigenvalue weighted by molar-refractivity contribution is -0.137. The fraction of sp³-hybridized carbons (Fsp3) is 0.533. The second-order valence-corrected chi connectivity index (χ2v) is 5.11. The van der Waals surface area contributed by atoms with Gasteiger partial charge in [0.25, 0.3) is 0 Å². The zero-order chi connectivity index (χ0) is 14.8. The Kier molecular flexibility index (Phi) is 4.35. The molecule has 2 nitrogen and oxygen atoms in total. The van der Waals surface area contributed by atoms with Crippen molar-refractivity contribution in [3.63, 3.8) is 0 Å². The van der Waals surface area contributed by atoms with Crippen LogP contribution in [0.1, 0.15) is 48.5 Å². The molecule has 110 valence electrons. The molecule has 1 saturated carbocycles. The van der Waals surface area contributed by atoms with Gasteiger partial charge in [-0.2, -0.15) is 13.2 Å². The maximum Gasteiger partial charge on any atom is 0.417 e. The van der Waals surface area contributed by atoms with Gasteiger partial charge in [0, 0.05) is 23.8 Å². The average Bonchev–Trinajstić information content (AvgIpc) is 2.92. The van der Waals surface area contributed by atoms with E-state index in [-0.39, 0.29) is 11.8 Å². The molecule has 0 bridgehead atoms. The first kappa shape index (κ1) is 14.9. The van der Waals surface area contributed by atoms with E-state index in [0.29, 0.717) is 18.3 Å². The van der Waals surface area contributed by atoms with Gasteiger partial charge in [0.1, 0.15) is 0 Å². The summed E-state index contributed by atoms with van der Waals surface area (Å²) >= 11 is 0. The Bertz CT molecular complexity index is 478. The standard InChI is InChI=1S/C15H18F3NO/c1-2-19(12-5-3-4-6-12)13-8-7-11(10-20)14(9-13)15(16,17)18/h7-10,12H,2-6H2,1H3. The number of benzene rings is 1. The molecule has 1 fully saturated rings. The second kappa shape index (κ2) is 5.85. The number of rotatable bonds is 4. The van der Waals surface area contributed by atoms with Crippen molar-refractivity contribution >= 4 is 12.0 Å². The summed E-state index contributed by atoms with van der Waals surface area (Å²) in [6, 6.07) is 4.29. The normalized spacial score (nSPS) is 16.4. The first-order valence-corrected chi connectivity index (χ1v) is 6.90. The fourth-order valence-corrected chi connectivity index (χ4v) is 2.94. The third-order valence-corrected chi connectivity index (χ3v) is 3.91. The Morgan fingerprint density at radius 1 is 1.30 bits per heavy atom. The highest BCUT2D eigenvalue weighted by molar-refractivity contribution is 5.79. The van der Waals surface area contributed by atoms with Crippen LogP contribution in [0.3, 0.4) is 0 Å². The van der Waals surface area contributed by atoms with E-state index in [9.17, 15) is 18.0 Å². The molecule has 1 aliphatic carbocycles. The van der Waals surface area contributed by atoms with Crippen molar-refractivity contribution in [2.45, 2.75) is 44.8 Å². The van der Waals surface area contributed by atoms with Crippen LogP contribution >= 0.6 is 0 Å². The molecule has 0 N–H and O–H groups in total. The predicted molar refractivity (Wildman–Crippen MR) is 72.1 cm³/mol. The summed E-state index contributed by atoms with van der Waals surface area (Å²) in [7, 11) is 0. The van der Waals surface area contributed by atoms with Crippen molar-refractivity contribution in [2.24, 2.45) is 0 Å². The third-order valence-electron chi connectivity index (χ3n) is 3.91. The molecule has 20 heavy (non-hydrogen) atoms. The smallest absolute Gasteiger partial charge is 0.369 e. The molecule has 0 saturated heterocycles. The molecule has 1 aliphatic rings. The number of aldehydes is 1. The van der Waals surface area contributed by atoms with Crippen LogP contribution in [-0.2, 0) is 6.18 Å². The van der Waals surface area contributed by atoms with Crippen LogP contribution < -0.4 is 4.90 Å². The van der Waals surface area contributed by atoms with Crippen molar-refractivity contribution in [3.05, 3.63) is 29.3 Å². The minimum Gasteiger partial charge on any atom is -0.369 e. The van der Waals surface area contributed by atoms with Crippen LogP contribution in [0, 0.1) is 0 Å². The van der Waals surface area contributed by atoms with E-state index >= 15 is 0 Å². The maximum absolute atomic E-state index is 13.0. The van der Waals surface area contributed by atoms with Gasteiger partial charge in [0.2, 0.25) is 0 Å². The lowest BCUT2D eigenvalue weighted by Crippen LogP contribution is -2.33. The van der Waals surface area contributed by atoms with Crippen LogP contribution in [0.25, 0.3) is 0 Å². The number of halogens is 3. The average molecular weight is 285 g/mol. The summed E-state index contributed by atoms with van der Waals surface area (Å²) in [5.41, 5.74) is -0.595. The molecule has 1 aromatic carbocycles. The van der Waals surface area contributed by atoms with E-state index in [1.807, 2.05) is 11.8 Å². The van der Waals surface area contributed by atoms with E-state index in [2.05, 4.69) is 0 Å². The van der Waals surface area contributed by atoms with Crippen molar-refractivity contribution in [1.29, 1.82) is 0 Å². The van der Waals surface area contributed by atoms with Crippen LogP contribution in [0.4, 0.5) is 18.9 Å². The van der Waals surface area contributed by atoms with E-state index < -0.39 is 11.7 Å². The Balaban J connectivity index is 2.38. The van der Waals surface area contributed by atoms with Gasteiger partial charge in [-0.1, -0.05) is 12.8 Å². The molecule has 1 aromatic rings. The number of hydrogen-bond acceptors (Lipinski definition) is 2. The summed E-state index contributed by atoms with van der Waals surface area (Å²) in [4.78, 5) is 12.8. The van der Waals surface area contributed by atoms with Gasteiger partial charge in [0.05, 0.1) is 5.56 Å². The molecule has 0 radical (unpaired) electrons. The summed E-state index contributed by atoms with van der Waals surface area (Å²) < 4.78 is 38.9. The Morgan fingerprint density at radius 2 is 1.95 bits per heavy atom. The Hall–Kier alpha value is -1.52. The predicted octanol–water partition coefficient (Wildman–Crippen LogP) is 4.29. The molecule has 0 atom stereocenters. The quantitative estimate of drug-likeness (QED) is 0.769. The van der Waals surface area contributed by atoms with Gasteiger partial charge in [0.15, 0.2) is 6.29 Å². The van der Waals surface area contributed by atoms with Gasteiger partial charge >= 0.3 is 6.18 Å². The van der Waals surface area contributed by atoms with Gasteiger partial charge in [-0.15, -0.1) is 0 Å². The summed E-state index contributed by atoms with van der Waals surface area (Å²) in [5, 5.41) is 0. The number of nitrogens with zero attached hydrogens (tertiary/aromatic N) is 1. The first-order chi connectivity index (χ1) is 9.47. The van der Waals surface area contributed by atoms with Crippen LogP contribution in [0.2, 0.25) is 0 Å². The summed E-state index contributed by atoms with van der Waals surface area (Å²) in [5.74, 6) is 0. The zero-order valence-electron chi connectivity index (χ0n) is 11.4. The monoisotopic (exact) mass is 285 g/mol. The lowest BCUT2D eigenvalue weighted by atomic mass is 10.1. The van der Waals surface area contributed by atoms with Gasteiger partial charge in [-0.05, 0) is 38.0 Å². The largest absolute Gasteiger partial charge is 0.417 e. The van der Waals surface area contributed by atoms with Crippen LogP contribution in [-0.4, -0.2) is 18.9 Å². The highest BCUT2D eigenvalue weighted by atomic mass is 19.4. The number of hydrogen-bond donors (Lipinski definition) is 0. The van der Waals surface area contributed by atoms with Crippen LogP contribution in [0.15, 0.2) is 18.2 Å². The molecular formula is C15H18F3NO. The topological polar surface area (TPSA) is 20.3 Å². The van der Waals surface area contributed by atoms with Gasteiger partial charge < -0.3 is 4.90 Å². The van der Waals surface area contributed by atoms with Crippen LogP contribution in [0.5, 0.6) is 0 Å². The molecule has 5 heteroatoms. The van der Waals surface area contributed by atoms with E-state index in [1.54, 1.807) is 6.07 Å². The Morgan fingerprint density at radius 3 is 2.45 bits per heavy atom. The minimum absolute atomic E-state index is 0.262. The molecule has 0 unspecified atom stereocenters. The highest BCUT2D eigenvalue weighted by Crippen LogP contribution is 2.36. The fourth-order valence-electron chi connectivity index (χ4n) is 2.94. The molecule has 2 rings (SSSR count). The number of anilines is 1. The van der Waals surface area contributed by atoms with Gasteiger partial charge in [-0.3, -0.25) is 4.79 Å². The number of carbonyl (C=O) groups is 1. The number of carbonyl (C=O) groups excluding carboxylic acids is 1. The van der Waals surface area contributed by atoms with Crippen molar-refractivity contribution < 1.29 is 18.0 Å². The SMILES string of the molecule is CCN(c1ccc(C=O)c(C(F)(F)F)c1)C1CCCC1. The summed E-state index contributed by atoms with van der Waals surface area (Å²) in [6.07, 6.45) is 0.0501. The molecule has 0 heterocycles. The van der Waals surface area contributed by atoms with Gasteiger partial charge in [-0.25, -0.2) is 0 Å². The molecule has 0 aliphatic heterocycles. The molecule has 0 amide bonds. The van der Waals surface area contributed by atoms with E-state index in [0.717, 1.165) is 31.7 Å². The molecular weight excluding hydrogens is 267 g/mol. The summed E-state index contributed by atoms with van der Waals surface area (Å²) in [6.45, 7) is 2.61. The zero-order valence-corrected chi connectivity index (χ0v) is 11.4. The highest BCUT2D eigenvalue weighted by Gasteiger charge is 2.34. The maximum atomic E-state index is 13.0. The Labute approximate surface area is 116 Å². The number of alkyl halides is 3. The van der Waals surface area contributed by atoms with E-state index in [4.69, 9.17) is 0 Å². The first-order valence-electron chi connectivity index (χ1n) is 6.90. The van der Waals surface area contributed by atoms with Crippen molar-refractivity contribution in [2.75, 3.05) is 11.4 Å². The molecule has 0 spiro atoms. The second-order valence-electron chi connectivity index (χ2n) is 5.11.